The molecule has 0 saturated heterocycles. The first kappa shape index (κ1) is 14.5. The Morgan fingerprint density at radius 3 is 2.76 bits per heavy atom. The lowest BCUT2D eigenvalue weighted by molar-refractivity contribution is -0.385. The van der Waals surface area contributed by atoms with Crippen LogP contribution in [0, 0.1) is 17.0 Å². The van der Waals surface area contributed by atoms with Crippen LogP contribution in [0.5, 0.6) is 0 Å². The lowest BCUT2D eigenvalue weighted by Gasteiger charge is -2.11. The molecule has 2 aromatic rings. The van der Waals surface area contributed by atoms with E-state index in [9.17, 15) is 14.9 Å². The van der Waals surface area contributed by atoms with Gasteiger partial charge in [-0.25, -0.2) is 9.78 Å². The first-order chi connectivity index (χ1) is 9.90. The molecule has 0 radical (unpaired) electrons. The van der Waals surface area contributed by atoms with Crippen molar-refractivity contribution in [3.63, 3.8) is 0 Å². The highest BCUT2D eigenvalue weighted by Gasteiger charge is 2.19. The normalized spacial score (nSPS) is 10.4. The van der Waals surface area contributed by atoms with Crippen LogP contribution in [0.25, 0.3) is 0 Å². The summed E-state index contributed by atoms with van der Waals surface area (Å²) < 4.78 is 1.80. The van der Waals surface area contributed by atoms with Gasteiger partial charge in [0.25, 0.3) is 5.69 Å². The second-order valence-corrected chi connectivity index (χ2v) is 4.54. The number of aryl methyl sites for hydroxylation is 1. The van der Waals surface area contributed by atoms with Crippen molar-refractivity contribution in [3.05, 3.63) is 51.6 Å². The summed E-state index contributed by atoms with van der Waals surface area (Å²) in [6.07, 6.45) is 3.42. The van der Waals surface area contributed by atoms with Crippen molar-refractivity contribution in [2.75, 3.05) is 5.32 Å². The van der Waals surface area contributed by atoms with Crippen LogP contribution in [0.15, 0.2) is 24.5 Å². The number of imidazole rings is 1. The predicted octanol–water partition coefficient (Wildman–Crippen LogP) is 1.95. The van der Waals surface area contributed by atoms with Crippen LogP contribution >= 0.6 is 0 Å². The van der Waals surface area contributed by atoms with Crippen LogP contribution in [0.2, 0.25) is 0 Å². The zero-order chi connectivity index (χ0) is 15.6. The van der Waals surface area contributed by atoms with Crippen molar-refractivity contribution in [2.45, 2.75) is 13.5 Å². The number of anilines is 1. The smallest absolute Gasteiger partial charge is 0.336 e. The van der Waals surface area contributed by atoms with E-state index in [1.165, 1.54) is 6.07 Å². The summed E-state index contributed by atoms with van der Waals surface area (Å²) in [4.78, 5) is 25.6. The van der Waals surface area contributed by atoms with Crippen molar-refractivity contribution in [1.29, 1.82) is 0 Å². The maximum Gasteiger partial charge on any atom is 0.336 e. The monoisotopic (exact) mass is 290 g/mol. The molecule has 0 saturated carbocycles. The van der Waals surface area contributed by atoms with Gasteiger partial charge in [-0.05, 0) is 13.0 Å². The molecule has 0 unspecified atom stereocenters. The third kappa shape index (κ3) is 2.99. The van der Waals surface area contributed by atoms with Crippen LogP contribution in [0.1, 0.15) is 21.7 Å². The zero-order valence-electron chi connectivity index (χ0n) is 11.5. The number of benzene rings is 1. The van der Waals surface area contributed by atoms with E-state index in [1.807, 2.05) is 7.05 Å². The van der Waals surface area contributed by atoms with Gasteiger partial charge >= 0.3 is 5.97 Å². The number of rotatable bonds is 5. The van der Waals surface area contributed by atoms with Gasteiger partial charge in [0.2, 0.25) is 0 Å². The first-order valence-corrected chi connectivity index (χ1v) is 6.12. The Hall–Kier alpha value is -2.90. The van der Waals surface area contributed by atoms with Gasteiger partial charge < -0.3 is 15.0 Å². The largest absolute Gasteiger partial charge is 0.478 e. The Balaban J connectivity index is 2.35. The highest BCUT2D eigenvalue weighted by molar-refractivity contribution is 5.90. The van der Waals surface area contributed by atoms with Gasteiger partial charge in [0.15, 0.2) is 0 Å². The summed E-state index contributed by atoms with van der Waals surface area (Å²) >= 11 is 0. The topological polar surface area (TPSA) is 110 Å². The van der Waals surface area contributed by atoms with E-state index in [0.717, 1.165) is 11.9 Å². The fourth-order valence-corrected chi connectivity index (χ4v) is 1.94. The number of nitro benzene ring substituents is 1. The molecule has 0 spiro atoms. The second-order valence-electron chi connectivity index (χ2n) is 4.54. The van der Waals surface area contributed by atoms with Crippen LogP contribution in [0.3, 0.4) is 0 Å². The molecule has 0 amide bonds. The van der Waals surface area contributed by atoms with E-state index in [1.54, 1.807) is 23.9 Å². The van der Waals surface area contributed by atoms with Crippen LogP contribution in [0.4, 0.5) is 11.4 Å². The van der Waals surface area contributed by atoms with Crippen molar-refractivity contribution in [1.82, 2.24) is 9.55 Å². The van der Waals surface area contributed by atoms with Crippen LogP contribution in [-0.4, -0.2) is 25.6 Å². The van der Waals surface area contributed by atoms with E-state index < -0.39 is 10.9 Å². The molecule has 0 bridgehead atoms. The average Bonchev–Trinajstić information content (AvgIpc) is 2.82. The quantitative estimate of drug-likeness (QED) is 0.643. The molecule has 8 nitrogen and oxygen atoms in total. The predicted molar refractivity (Wildman–Crippen MR) is 75.3 cm³/mol. The molecule has 0 aliphatic rings. The fraction of sp³-hybridized carbons (Fsp3) is 0.231. The van der Waals surface area contributed by atoms with E-state index in [-0.39, 0.29) is 11.3 Å². The first-order valence-electron chi connectivity index (χ1n) is 6.12. The SMILES string of the molecule is Cc1c(NCc2nccn2C)cc(C(=O)O)cc1[N+](=O)[O-]. The maximum absolute atomic E-state index is 11.1. The van der Waals surface area contributed by atoms with Crippen molar-refractivity contribution in [3.8, 4) is 0 Å². The van der Waals surface area contributed by atoms with Crippen LogP contribution in [-0.2, 0) is 13.6 Å². The molecule has 21 heavy (non-hydrogen) atoms. The van der Waals surface area contributed by atoms with E-state index >= 15 is 0 Å². The molecular weight excluding hydrogens is 276 g/mol. The summed E-state index contributed by atoms with van der Waals surface area (Å²) in [7, 11) is 1.83. The summed E-state index contributed by atoms with van der Waals surface area (Å²) in [5, 5.41) is 23.0. The second kappa shape index (κ2) is 5.61. The lowest BCUT2D eigenvalue weighted by Crippen LogP contribution is -2.09. The van der Waals surface area contributed by atoms with Gasteiger partial charge in [-0.1, -0.05) is 0 Å². The van der Waals surface area contributed by atoms with E-state index in [4.69, 9.17) is 5.11 Å². The number of hydrogen-bond donors (Lipinski definition) is 2. The van der Waals surface area contributed by atoms with Gasteiger partial charge in [0.1, 0.15) is 5.82 Å². The molecule has 8 heteroatoms. The lowest BCUT2D eigenvalue weighted by atomic mass is 10.1. The van der Waals surface area contributed by atoms with Crippen molar-refractivity contribution >= 4 is 17.3 Å². The fourth-order valence-electron chi connectivity index (χ4n) is 1.94. The van der Waals surface area contributed by atoms with Gasteiger partial charge in [-0.15, -0.1) is 0 Å². The molecule has 0 aliphatic carbocycles. The standard InChI is InChI=1S/C13H14N4O4/c1-8-10(15-7-12-14-3-4-16(12)2)5-9(13(18)19)6-11(8)17(20)21/h3-6,15H,7H2,1-2H3,(H,18,19). The molecule has 1 aromatic carbocycles. The number of carboxylic acid groups (broad SMARTS) is 1. The van der Waals surface area contributed by atoms with Crippen LogP contribution < -0.4 is 5.32 Å². The van der Waals surface area contributed by atoms with Gasteiger partial charge in [0, 0.05) is 36.8 Å². The Morgan fingerprint density at radius 1 is 1.52 bits per heavy atom. The minimum Gasteiger partial charge on any atom is -0.478 e. The van der Waals surface area contributed by atoms with E-state index in [2.05, 4.69) is 10.3 Å². The number of nitrogens with one attached hydrogen (secondary N) is 1. The number of aromatic nitrogens is 2. The van der Waals surface area contributed by atoms with Gasteiger partial charge in [-0.3, -0.25) is 10.1 Å². The third-order valence-electron chi connectivity index (χ3n) is 3.18. The molecule has 1 aromatic heterocycles. The molecule has 1 heterocycles. The number of hydrogen-bond acceptors (Lipinski definition) is 5. The molecule has 0 atom stereocenters. The Bertz CT molecular complexity index is 708. The summed E-state index contributed by atoms with van der Waals surface area (Å²) in [6.45, 7) is 1.91. The third-order valence-corrected chi connectivity index (χ3v) is 3.18. The highest BCUT2D eigenvalue weighted by atomic mass is 16.6. The molecule has 2 N–H and O–H groups in total. The van der Waals surface area contributed by atoms with Crippen molar-refractivity contribution < 1.29 is 14.8 Å². The van der Waals surface area contributed by atoms with Gasteiger partial charge in [-0.2, -0.15) is 0 Å². The average molecular weight is 290 g/mol. The Kier molecular flexibility index (Phi) is 3.88. The van der Waals surface area contributed by atoms with Gasteiger partial charge in [0.05, 0.1) is 17.0 Å². The summed E-state index contributed by atoms with van der Waals surface area (Å²) in [6, 6.07) is 2.44. The molecule has 110 valence electrons. The molecule has 2 rings (SSSR count). The summed E-state index contributed by atoms with van der Waals surface area (Å²) in [5.74, 6) is -0.476. The number of nitro groups is 1. The minimum absolute atomic E-state index is 0.130. The Labute approximate surface area is 120 Å². The minimum atomic E-state index is -1.21. The number of carbonyl (C=O) groups is 1. The van der Waals surface area contributed by atoms with Crippen molar-refractivity contribution in [2.24, 2.45) is 7.05 Å². The molecule has 0 aliphatic heterocycles. The molecule has 0 fully saturated rings. The number of carboxylic acids is 1. The molecular formula is C13H14N4O4. The maximum atomic E-state index is 11.1. The summed E-state index contributed by atoms with van der Waals surface area (Å²) in [5.41, 5.74) is 0.440. The number of aromatic carboxylic acids is 1. The number of nitrogens with zero attached hydrogens (tertiary/aromatic N) is 3. The zero-order valence-corrected chi connectivity index (χ0v) is 11.5. The highest BCUT2D eigenvalue weighted by Crippen LogP contribution is 2.28. The Morgan fingerprint density at radius 2 is 2.24 bits per heavy atom. The van der Waals surface area contributed by atoms with E-state index in [0.29, 0.717) is 17.8 Å².